The monoisotopic (exact) mass is 296 g/mol. The third-order valence-electron chi connectivity index (χ3n) is 3.69. The van der Waals surface area contributed by atoms with Gasteiger partial charge >= 0.3 is 5.97 Å². The average Bonchev–Trinajstić information content (AvgIpc) is 2.40. The molecule has 0 spiro atoms. The quantitative estimate of drug-likeness (QED) is 0.685. The summed E-state index contributed by atoms with van der Waals surface area (Å²) >= 11 is 6.35. The summed E-state index contributed by atoms with van der Waals surface area (Å²) in [7, 11) is 0. The normalized spacial score (nSPS) is 18.9. The number of nitrogens with zero attached hydrogens (tertiary/aromatic N) is 1. The van der Waals surface area contributed by atoms with Crippen LogP contribution in [-0.2, 0) is 4.74 Å². The molecule has 110 valence electrons. The summed E-state index contributed by atoms with van der Waals surface area (Å²) in [6, 6.07) is 3.71. The van der Waals surface area contributed by atoms with Crippen molar-refractivity contribution in [2.24, 2.45) is 0 Å². The molecular weight excluding hydrogens is 276 g/mol. The van der Waals surface area contributed by atoms with Crippen LogP contribution in [0.4, 0.5) is 11.4 Å². The van der Waals surface area contributed by atoms with Crippen molar-refractivity contribution in [1.29, 1.82) is 0 Å². The van der Waals surface area contributed by atoms with Crippen LogP contribution in [0, 0.1) is 0 Å². The number of halogens is 1. The molecule has 0 amide bonds. The minimum atomic E-state index is -0.389. The molecule has 0 bridgehead atoms. The molecule has 1 aromatic carbocycles. The van der Waals surface area contributed by atoms with Gasteiger partial charge in [0.25, 0.3) is 0 Å². The lowest BCUT2D eigenvalue weighted by Gasteiger charge is -2.36. The maximum atomic E-state index is 11.8. The van der Waals surface area contributed by atoms with E-state index in [1.54, 1.807) is 19.1 Å². The summed E-state index contributed by atoms with van der Waals surface area (Å²) in [6.07, 6.45) is 3.51. The molecule has 1 fully saturated rings. The molecule has 1 atom stereocenters. The Bertz CT molecular complexity index is 482. The second kappa shape index (κ2) is 6.35. The summed E-state index contributed by atoms with van der Waals surface area (Å²) in [5, 5.41) is 0.516. The van der Waals surface area contributed by atoms with E-state index < -0.39 is 0 Å². The maximum absolute atomic E-state index is 11.8. The predicted octanol–water partition coefficient (Wildman–Crippen LogP) is 3.48. The third kappa shape index (κ3) is 3.01. The summed E-state index contributed by atoms with van der Waals surface area (Å²) < 4.78 is 4.98. The zero-order chi connectivity index (χ0) is 14.7. The third-order valence-corrected chi connectivity index (χ3v) is 3.98. The van der Waals surface area contributed by atoms with Gasteiger partial charge in [-0.3, -0.25) is 0 Å². The van der Waals surface area contributed by atoms with E-state index in [0.29, 0.717) is 28.9 Å². The summed E-state index contributed by atoms with van der Waals surface area (Å²) in [6.45, 7) is 5.23. The number of esters is 1. The highest BCUT2D eigenvalue weighted by Gasteiger charge is 2.24. The highest BCUT2D eigenvalue weighted by atomic mass is 35.5. The number of ether oxygens (including phenoxy) is 1. The Morgan fingerprint density at radius 1 is 1.50 bits per heavy atom. The fraction of sp³-hybridized carbons (Fsp3) is 0.533. The van der Waals surface area contributed by atoms with Crippen LogP contribution in [0.25, 0.3) is 0 Å². The van der Waals surface area contributed by atoms with Crippen LogP contribution in [0.5, 0.6) is 0 Å². The number of nitrogen functional groups attached to an aromatic ring is 1. The number of benzene rings is 1. The number of anilines is 2. The molecular formula is C15H21ClN2O2. The van der Waals surface area contributed by atoms with Gasteiger partial charge in [-0.2, -0.15) is 0 Å². The van der Waals surface area contributed by atoms with Gasteiger partial charge in [0.2, 0.25) is 0 Å². The van der Waals surface area contributed by atoms with Gasteiger partial charge in [-0.25, -0.2) is 4.79 Å². The van der Waals surface area contributed by atoms with E-state index in [1.807, 2.05) is 0 Å². The zero-order valence-corrected chi connectivity index (χ0v) is 12.7. The van der Waals surface area contributed by atoms with Crippen LogP contribution < -0.4 is 10.6 Å². The Balaban J connectivity index is 2.33. The Labute approximate surface area is 124 Å². The standard InChI is InChI=1S/C15H21ClN2O2/c1-3-20-15(19)11-8-12(16)14(13(17)9-11)18-7-5-4-6-10(18)2/h8-10H,3-7,17H2,1-2H3. The number of rotatable bonds is 3. The molecule has 4 nitrogen and oxygen atoms in total. The van der Waals surface area contributed by atoms with Crippen molar-refractivity contribution in [3.8, 4) is 0 Å². The minimum Gasteiger partial charge on any atom is -0.462 e. The Kier molecular flexibility index (Phi) is 4.76. The molecule has 1 aromatic rings. The first-order valence-electron chi connectivity index (χ1n) is 7.07. The first-order chi connectivity index (χ1) is 9.54. The molecule has 1 aliphatic heterocycles. The SMILES string of the molecule is CCOC(=O)c1cc(N)c(N2CCCCC2C)c(Cl)c1. The fourth-order valence-electron chi connectivity index (χ4n) is 2.69. The number of piperidine rings is 1. The van der Waals surface area contributed by atoms with Gasteiger partial charge in [0, 0.05) is 12.6 Å². The minimum absolute atomic E-state index is 0.335. The molecule has 1 saturated heterocycles. The van der Waals surface area contributed by atoms with E-state index in [4.69, 9.17) is 22.1 Å². The van der Waals surface area contributed by atoms with Crippen molar-refractivity contribution < 1.29 is 9.53 Å². The van der Waals surface area contributed by atoms with Crippen molar-refractivity contribution in [2.75, 3.05) is 23.8 Å². The van der Waals surface area contributed by atoms with Crippen molar-refractivity contribution in [1.82, 2.24) is 0 Å². The molecule has 1 heterocycles. The van der Waals surface area contributed by atoms with Gasteiger partial charge in [-0.1, -0.05) is 11.6 Å². The first-order valence-corrected chi connectivity index (χ1v) is 7.45. The highest BCUT2D eigenvalue weighted by Crippen LogP contribution is 2.37. The number of hydrogen-bond donors (Lipinski definition) is 1. The van der Waals surface area contributed by atoms with Crippen LogP contribution >= 0.6 is 11.6 Å². The van der Waals surface area contributed by atoms with Gasteiger partial charge < -0.3 is 15.4 Å². The number of carbonyl (C=O) groups excluding carboxylic acids is 1. The predicted molar refractivity (Wildman–Crippen MR) is 82.5 cm³/mol. The maximum Gasteiger partial charge on any atom is 0.338 e. The van der Waals surface area contributed by atoms with E-state index in [0.717, 1.165) is 25.1 Å². The molecule has 0 aromatic heterocycles. The number of nitrogens with two attached hydrogens (primary N) is 1. The molecule has 20 heavy (non-hydrogen) atoms. The second-order valence-electron chi connectivity index (χ2n) is 5.15. The lowest BCUT2D eigenvalue weighted by Crippen LogP contribution is -2.38. The van der Waals surface area contributed by atoms with Crippen LogP contribution in [0.1, 0.15) is 43.5 Å². The van der Waals surface area contributed by atoms with E-state index in [9.17, 15) is 4.79 Å². The van der Waals surface area contributed by atoms with Gasteiger partial charge in [0.05, 0.1) is 28.6 Å². The first kappa shape index (κ1) is 15.0. The molecule has 1 unspecified atom stereocenters. The van der Waals surface area contributed by atoms with E-state index >= 15 is 0 Å². The van der Waals surface area contributed by atoms with Gasteiger partial charge in [0.15, 0.2) is 0 Å². The lowest BCUT2D eigenvalue weighted by molar-refractivity contribution is 0.0526. The molecule has 0 saturated carbocycles. The van der Waals surface area contributed by atoms with Crippen molar-refractivity contribution in [3.63, 3.8) is 0 Å². The summed E-state index contributed by atoms with van der Waals surface area (Å²) in [5.41, 5.74) is 7.90. The largest absolute Gasteiger partial charge is 0.462 e. The van der Waals surface area contributed by atoms with E-state index in [2.05, 4.69) is 11.8 Å². The van der Waals surface area contributed by atoms with Crippen LogP contribution in [-0.4, -0.2) is 25.2 Å². The Morgan fingerprint density at radius 3 is 2.85 bits per heavy atom. The van der Waals surface area contributed by atoms with Gasteiger partial charge in [-0.15, -0.1) is 0 Å². The van der Waals surface area contributed by atoms with E-state index in [-0.39, 0.29) is 5.97 Å². The molecule has 2 rings (SSSR count). The van der Waals surface area contributed by atoms with Crippen molar-refractivity contribution >= 4 is 28.9 Å². The molecule has 0 radical (unpaired) electrons. The molecule has 2 N–H and O–H groups in total. The zero-order valence-electron chi connectivity index (χ0n) is 12.0. The van der Waals surface area contributed by atoms with Crippen molar-refractivity contribution in [3.05, 3.63) is 22.7 Å². The lowest BCUT2D eigenvalue weighted by atomic mass is 10.0. The Morgan fingerprint density at radius 2 is 2.25 bits per heavy atom. The van der Waals surface area contributed by atoms with Gasteiger partial charge in [0.1, 0.15) is 0 Å². The molecule has 5 heteroatoms. The van der Waals surface area contributed by atoms with Crippen molar-refractivity contribution in [2.45, 2.75) is 39.2 Å². The summed E-state index contributed by atoms with van der Waals surface area (Å²) in [5.74, 6) is -0.389. The summed E-state index contributed by atoms with van der Waals surface area (Å²) in [4.78, 5) is 14.0. The highest BCUT2D eigenvalue weighted by molar-refractivity contribution is 6.34. The number of carbonyl (C=O) groups is 1. The Hall–Kier alpha value is -1.42. The van der Waals surface area contributed by atoms with Crippen LogP contribution in [0.15, 0.2) is 12.1 Å². The number of hydrogen-bond acceptors (Lipinski definition) is 4. The van der Waals surface area contributed by atoms with E-state index in [1.165, 1.54) is 6.42 Å². The van der Waals surface area contributed by atoms with Gasteiger partial charge in [-0.05, 0) is 45.2 Å². The second-order valence-corrected chi connectivity index (χ2v) is 5.56. The van der Waals surface area contributed by atoms with Crippen LogP contribution in [0.3, 0.4) is 0 Å². The smallest absolute Gasteiger partial charge is 0.338 e. The topological polar surface area (TPSA) is 55.6 Å². The average molecular weight is 297 g/mol. The molecule has 0 aliphatic carbocycles. The molecule has 1 aliphatic rings. The van der Waals surface area contributed by atoms with Crippen LogP contribution in [0.2, 0.25) is 5.02 Å². The fourth-order valence-corrected chi connectivity index (χ4v) is 3.02.